The second kappa shape index (κ2) is 4.72. The Balaban J connectivity index is 1.95. The van der Waals surface area contributed by atoms with Gasteiger partial charge in [0.2, 0.25) is 0 Å². The lowest BCUT2D eigenvalue weighted by atomic mass is 9.50. The predicted molar refractivity (Wildman–Crippen MR) is 89.0 cm³/mol. The SMILES string of the molecule is CC(C)C1=CC[C@]2(C)[C@@H]1CC[C@]1(C)C=C[C@@](C)(O)CC[C@H]21. The van der Waals surface area contributed by atoms with Crippen LogP contribution < -0.4 is 0 Å². The van der Waals surface area contributed by atoms with Gasteiger partial charge in [0.1, 0.15) is 0 Å². The lowest BCUT2D eigenvalue weighted by Crippen LogP contribution is -2.46. The van der Waals surface area contributed by atoms with Crippen LogP contribution in [0.15, 0.2) is 23.8 Å². The highest BCUT2D eigenvalue weighted by molar-refractivity contribution is 5.27. The molecule has 0 aromatic carbocycles. The maximum Gasteiger partial charge on any atom is 0.0800 e. The van der Waals surface area contributed by atoms with Gasteiger partial charge in [-0.15, -0.1) is 0 Å². The van der Waals surface area contributed by atoms with Crippen LogP contribution in [0.5, 0.6) is 0 Å². The first-order chi connectivity index (χ1) is 9.68. The van der Waals surface area contributed by atoms with Crippen molar-refractivity contribution >= 4 is 0 Å². The van der Waals surface area contributed by atoms with Gasteiger partial charge in [-0.05, 0) is 67.6 Å². The maximum absolute atomic E-state index is 10.5. The summed E-state index contributed by atoms with van der Waals surface area (Å²) < 4.78 is 0. The van der Waals surface area contributed by atoms with Gasteiger partial charge in [-0.3, -0.25) is 0 Å². The average Bonchev–Trinajstić information content (AvgIpc) is 2.66. The molecule has 3 rings (SSSR count). The molecule has 21 heavy (non-hydrogen) atoms. The summed E-state index contributed by atoms with van der Waals surface area (Å²) in [6.07, 6.45) is 12.9. The minimum absolute atomic E-state index is 0.270. The standard InChI is InChI=1S/C20H32O/c1-14(2)15-6-11-20(5)16(15)7-9-18(3)12-13-19(4,21)10-8-17(18)20/h6,12-14,16-17,21H,7-11H2,1-5H3/t16-,17+,18-,19+,20-/m1/s1. The second-order valence-corrected chi connectivity index (χ2v) is 8.95. The van der Waals surface area contributed by atoms with E-state index < -0.39 is 5.60 Å². The lowest BCUT2D eigenvalue weighted by molar-refractivity contribution is -0.0200. The van der Waals surface area contributed by atoms with Crippen molar-refractivity contribution < 1.29 is 5.11 Å². The van der Waals surface area contributed by atoms with E-state index in [2.05, 4.69) is 45.9 Å². The van der Waals surface area contributed by atoms with E-state index in [4.69, 9.17) is 0 Å². The molecule has 3 aliphatic carbocycles. The molecule has 0 aromatic rings. The minimum atomic E-state index is -0.612. The van der Waals surface area contributed by atoms with Crippen molar-refractivity contribution in [1.29, 1.82) is 0 Å². The van der Waals surface area contributed by atoms with Crippen LogP contribution in [-0.4, -0.2) is 10.7 Å². The molecule has 0 radical (unpaired) electrons. The number of allylic oxidation sites excluding steroid dienone is 3. The predicted octanol–water partition coefficient (Wildman–Crippen LogP) is 5.11. The summed E-state index contributed by atoms with van der Waals surface area (Å²) in [6, 6.07) is 0. The number of hydrogen-bond donors (Lipinski definition) is 1. The fraction of sp³-hybridized carbons (Fsp3) is 0.800. The van der Waals surface area contributed by atoms with Crippen LogP contribution in [0.25, 0.3) is 0 Å². The number of hydrogen-bond acceptors (Lipinski definition) is 1. The van der Waals surface area contributed by atoms with Crippen molar-refractivity contribution in [1.82, 2.24) is 0 Å². The van der Waals surface area contributed by atoms with Crippen LogP contribution in [0.2, 0.25) is 0 Å². The van der Waals surface area contributed by atoms with E-state index in [9.17, 15) is 5.11 Å². The van der Waals surface area contributed by atoms with E-state index in [0.29, 0.717) is 17.3 Å². The molecule has 1 saturated carbocycles. The summed E-state index contributed by atoms with van der Waals surface area (Å²) in [4.78, 5) is 0. The zero-order valence-corrected chi connectivity index (χ0v) is 14.4. The van der Waals surface area contributed by atoms with Crippen molar-refractivity contribution in [2.45, 2.75) is 72.3 Å². The molecule has 0 spiro atoms. The number of aliphatic hydroxyl groups is 1. The fourth-order valence-corrected chi connectivity index (χ4v) is 5.65. The van der Waals surface area contributed by atoms with Crippen LogP contribution in [0.1, 0.15) is 66.7 Å². The summed E-state index contributed by atoms with van der Waals surface area (Å²) >= 11 is 0. The molecular formula is C20H32O. The molecule has 5 atom stereocenters. The Hall–Kier alpha value is -0.560. The molecule has 3 aliphatic rings. The quantitative estimate of drug-likeness (QED) is 0.665. The summed E-state index contributed by atoms with van der Waals surface area (Å²) in [5.41, 5.74) is 1.77. The van der Waals surface area contributed by atoms with Crippen LogP contribution in [-0.2, 0) is 0 Å². The van der Waals surface area contributed by atoms with Crippen molar-refractivity contribution in [3.05, 3.63) is 23.8 Å². The smallest absolute Gasteiger partial charge is 0.0800 e. The van der Waals surface area contributed by atoms with E-state index in [1.54, 1.807) is 5.57 Å². The van der Waals surface area contributed by atoms with Gasteiger partial charge >= 0.3 is 0 Å². The first kappa shape index (κ1) is 15.3. The van der Waals surface area contributed by atoms with Gasteiger partial charge in [-0.25, -0.2) is 0 Å². The molecule has 0 heterocycles. The Morgan fingerprint density at radius 1 is 1.10 bits per heavy atom. The molecule has 1 nitrogen and oxygen atoms in total. The van der Waals surface area contributed by atoms with Gasteiger partial charge in [0.25, 0.3) is 0 Å². The van der Waals surface area contributed by atoms with Gasteiger partial charge in [-0.1, -0.05) is 51.5 Å². The largest absolute Gasteiger partial charge is 0.386 e. The van der Waals surface area contributed by atoms with E-state index in [1.165, 1.54) is 19.3 Å². The molecule has 0 aromatic heterocycles. The zero-order chi connectivity index (χ0) is 15.5. The second-order valence-electron chi connectivity index (χ2n) is 8.95. The van der Waals surface area contributed by atoms with Crippen molar-refractivity contribution in [3.63, 3.8) is 0 Å². The normalized spacial score (nSPS) is 49.6. The van der Waals surface area contributed by atoms with Crippen molar-refractivity contribution in [2.75, 3.05) is 0 Å². The summed E-state index contributed by atoms with van der Waals surface area (Å²) in [5.74, 6) is 2.15. The first-order valence-electron chi connectivity index (χ1n) is 8.81. The Morgan fingerprint density at radius 3 is 2.48 bits per heavy atom. The number of fused-ring (bicyclic) bond motifs is 3. The van der Waals surface area contributed by atoms with Gasteiger partial charge < -0.3 is 5.11 Å². The molecule has 0 unspecified atom stereocenters. The highest BCUT2D eigenvalue weighted by atomic mass is 16.3. The third kappa shape index (κ3) is 2.32. The molecule has 1 N–H and O–H groups in total. The molecule has 0 amide bonds. The van der Waals surface area contributed by atoms with Crippen LogP contribution >= 0.6 is 0 Å². The number of rotatable bonds is 1. The van der Waals surface area contributed by atoms with Crippen molar-refractivity contribution in [3.8, 4) is 0 Å². The summed E-state index contributed by atoms with van der Waals surface area (Å²) in [7, 11) is 0. The molecule has 118 valence electrons. The molecule has 0 aliphatic heterocycles. The molecule has 1 heteroatoms. The third-order valence-corrected chi connectivity index (χ3v) is 6.97. The average molecular weight is 288 g/mol. The third-order valence-electron chi connectivity index (χ3n) is 6.97. The molecule has 1 fully saturated rings. The van der Waals surface area contributed by atoms with Gasteiger partial charge in [-0.2, -0.15) is 0 Å². The van der Waals surface area contributed by atoms with E-state index in [1.807, 2.05) is 6.92 Å². The Morgan fingerprint density at radius 2 is 1.81 bits per heavy atom. The zero-order valence-electron chi connectivity index (χ0n) is 14.4. The topological polar surface area (TPSA) is 20.2 Å². The molecule has 0 bridgehead atoms. The Kier molecular flexibility index (Phi) is 3.44. The van der Waals surface area contributed by atoms with Crippen LogP contribution in [0.4, 0.5) is 0 Å². The highest BCUT2D eigenvalue weighted by Gasteiger charge is 2.55. The minimum Gasteiger partial charge on any atom is -0.386 e. The van der Waals surface area contributed by atoms with Gasteiger partial charge in [0, 0.05) is 0 Å². The van der Waals surface area contributed by atoms with E-state index in [0.717, 1.165) is 18.8 Å². The van der Waals surface area contributed by atoms with E-state index in [-0.39, 0.29) is 5.41 Å². The highest BCUT2D eigenvalue weighted by Crippen LogP contribution is 2.64. The van der Waals surface area contributed by atoms with Gasteiger partial charge in [0.05, 0.1) is 5.60 Å². The maximum atomic E-state index is 10.5. The monoisotopic (exact) mass is 288 g/mol. The van der Waals surface area contributed by atoms with Gasteiger partial charge in [0.15, 0.2) is 0 Å². The Bertz CT molecular complexity index is 484. The Labute approximate surface area is 130 Å². The summed E-state index contributed by atoms with van der Waals surface area (Å²) in [6.45, 7) is 11.6. The van der Waals surface area contributed by atoms with Crippen molar-refractivity contribution in [2.24, 2.45) is 28.6 Å². The molecular weight excluding hydrogens is 256 g/mol. The van der Waals surface area contributed by atoms with E-state index >= 15 is 0 Å². The first-order valence-corrected chi connectivity index (χ1v) is 8.81. The summed E-state index contributed by atoms with van der Waals surface area (Å²) in [5, 5.41) is 10.5. The molecule has 0 saturated heterocycles. The lowest BCUT2D eigenvalue weighted by Gasteiger charge is -2.54. The van der Waals surface area contributed by atoms with Crippen LogP contribution in [0.3, 0.4) is 0 Å². The fourth-order valence-electron chi connectivity index (χ4n) is 5.65. The van der Waals surface area contributed by atoms with Crippen LogP contribution in [0, 0.1) is 28.6 Å².